The Morgan fingerprint density at radius 2 is 2.15 bits per heavy atom. The smallest absolute Gasteiger partial charge is 0.0871 e. The second-order valence-electron chi connectivity index (χ2n) is 3.43. The molecule has 0 amide bonds. The molecule has 0 unspecified atom stereocenters. The fourth-order valence-corrected chi connectivity index (χ4v) is 1.39. The highest BCUT2D eigenvalue weighted by molar-refractivity contribution is 6.01. The molecule has 1 rings (SSSR count). The number of hydrogen-bond donors (Lipinski definition) is 0. The monoisotopic (exact) mass is 176 g/mol. The van der Waals surface area contributed by atoms with Crippen LogP contribution in [0.2, 0.25) is 0 Å². The topological polar surface area (TPSA) is 25.2 Å². The van der Waals surface area contributed by atoms with Crippen molar-refractivity contribution in [1.82, 2.24) is 4.98 Å². The fourth-order valence-electron chi connectivity index (χ4n) is 1.39. The number of hydrogen-bond acceptors (Lipinski definition) is 2. The Hall–Kier alpha value is -1.18. The van der Waals surface area contributed by atoms with Crippen molar-refractivity contribution in [3.63, 3.8) is 0 Å². The molecule has 0 saturated carbocycles. The van der Waals surface area contributed by atoms with Crippen molar-refractivity contribution in [2.45, 2.75) is 20.8 Å². The third-order valence-corrected chi connectivity index (χ3v) is 2.04. The van der Waals surface area contributed by atoms with Gasteiger partial charge in [0.25, 0.3) is 0 Å². The molecule has 1 aromatic rings. The highest BCUT2D eigenvalue weighted by Gasteiger charge is 2.10. The van der Waals surface area contributed by atoms with E-state index >= 15 is 0 Å². The molecule has 0 atom stereocenters. The summed E-state index contributed by atoms with van der Waals surface area (Å²) in [7, 11) is 1.82. The Bertz CT molecular complexity index is 314. The van der Waals surface area contributed by atoms with Crippen molar-refractivity contribution in [2.24, 2.45) is 10.9 Å². The van der Waals surface area contributed by atoms with Gasteiger partial charge < -0.3 is 0 Å². The summed E-state index contributed by atoms with van der Waals surface area (Å²) in [6.07, 6.45) is 1.82. The Morgan fingerprint density at radius 1 is 1.46 bits per heavy atom. The van der Waals surface area contributed by atoms with Gasteiger partial charge in [0, 0.05) is 13.2 Å². The van der Waals surface area contributed by atoms with Crippen LogP contribution in [0.4, 0.5) is 0 Å². The third kappa shape index (κ3) is 2.14. The molecule has 70 valence electrons. The van der Waals surface area contributed by atoms with E-state index in [1.54, 1.807) is 0 Å². The zero-order valence-electron chi connectivity index (χ0n) is 8.70. The lowest BCUT2D eigenvalue weighted by atomic mass is 10.0. The van der Waals surface area contributed by atoms with Crippen molar-refractivity contribution < 1.29 is 0 Å². The van der Waals surface area contributed by atoms with Gasteiger partial charge in [0.2, 0.25) is 0 Å². The summed E-state index contributed by atoms with van der Waals surface area (Å²) in [5.74, 6) is 0.429. The zero-order chi connectivity index (χ0) is 9.84. The first-order valence-corrected chi connectivity index (χ1v) is 4.55. The molecule has 2 heteroatoms. The minimum Gasteiger partial charge on any atom is -0.291 e. The zero-order valence-corrected chi connectivity index (χ0v) is 8.70. The standard InChI is InChI=1S/C11H16N2/c1-8(2)10(12-4)11-9(3)6-5-7-13-11/h5-8H,1-4H3. The summed E-state index contributed by atoms with van der Waals surface area (Å²) in [5.41, 5.74) is 3.30. The van der Waals surface area contributed by atoms with Crippen LogP contribution < -0.4 is 0 Å². The van der Waals surface area contributed by atoms with Gasteiger partial charge in [-0.25, -0.2) is 0 Å². The molecule has 0 bridgehead atoms. The first-order valence-electron chi connectivity index (χ1n) is 4.55. The maximum Gasteiger partial charge on any atom is 0.0871 e. The molecule has 0 spiro atoms. The van der Waals surface area contributed by atoms with Gasteiger partial charge in [-0.3, -0.25) is 9.98 Å². The lowest BCUT2D eigenvalue weighted by molar-refractivity contribution is 0.874. The maximum atomic E-state index is 4.34. The van der Waals surface area contributed by atoms with Gasteiger partial charge >= 0.3 is 0 Å². The van der Waals surface area contributed by atoms with Gasteiger partial charge in [-0.05, 0) is 24.5 Å². The van der Waals surface area contributed by atoms with Crippen LogP contribution in [0.25, 0.3) is 0 Å². The van der Waals surface area contributed by atoms with Crippen LogP contribution in [0.3, 0.4) is 0 Å². The van der Waals surface area contributed by atoms with E-state index in [2.05, 4.69) is 36.8 Å². The Labute approximate surface area is 79.7 Å². The van der Waals surface area contributed by atoms with Crippen LogP contribution >= 0.6 is 0 Å². The predicted molar refractivity (Wildman–Crippen MR) is 56.3 cm³/mol. The van der Waals surface area contributed by atoms with Crippen LogP contribution in [0, 0.1) is 12.8 Å². The van der Waals surface area contributed by atoms with Crippen LogP contribution in [-0.4, -0.2) is 17.7 Å². The van der Waals surface area contributed by atoms with Gasteiger partial charge in [0.05, 0.1) is 11.4 Å². The SMILES string of the molecule is CN=C(c1ncccc1C)C(C)C. The largest absolute Gasteiger partial charge is 0.291 e. The summed E-state index contributed by atoms with van der Waals surface area (Å²) in [5, 5.41) is 0. The Kier molecular flexibility index (Phi) is 3.18. The van der Waals surface area contributed by atoms with Gasteiger partial charge in [-0.2, -0.15) is 0 Å². The minimum absolute atomic E-state index is 0.429. The number of aryl methyl sites for hydroxylation is 1. The second kappa shape index (κ2) is 4.17. The minimum atomic E-state index is 0.429. The molecule has 13 heavy (non-hydrogen) atoms. The summed E-state index contributed by atoms with van der Waals surface area (Å²) in [4.78, 5) is 8.61. The van der Waals surface area contributed by atoms with E-state index in [0.717, 1.165) is 11.4 Å². The lowest BCUT2D eigenvalue weighted by Crippen LogP contribution is -2.12. The number of nitrogens with zero attached hydrogens (tertiary/aromatic N) is 2. The average Bonchev–Trinajstić information content (AvgIpc) is 2.09. The molecule has 2 nitrogen and oxygen atoms in total. The summed E-state index contributed by atoms with van der Waals surface area (Å²) < 4.78 is 0. The van der Waals surface area contributed by atoms with Crippen molar-refractivity contribution in [3.05, 3.63) is 29.6 Å². The van der Waals surface area contributed by atoms with Crippen LogP contribution in [-0.2, 0) is 0 Å². The summed E-state index contributed by atoms with van der Waals surface area (Å²) in [6, 6.07) is 4.02. The number of aromatic nitrogens is 1. The van der Waals surface area contributed by atoms with Gasteiger partial charge in [0.15, 0.2) is 0 Å². The van der Waals surface area contributed by atoms with Crippen molar-refractivity contribution >= 4 is 5.71 Å². The van der Waals surface area contributed by atoms with E-state index in [9.17, 15) is 0 Å². The normalized spacial score (nSPS) is 12.2. The van der Waals surface area contributed by atoms with E-state index < -0.39 is 0 Å². The first-order chi connectivity index (χ1) is 6.16. The van der Waals surface area contributed by atoms with Crippen LogP contribution in [0.5, 0.6) is 0 Å². The van der Waals surface area contributed by atoms with Crippen molar-refractivity contribution in [2.75, 3.05) is 7.05 Å². The maximum absolute atomic E-state index is 4.34. The highest BCUT2D eigenvalue weighted by atomic mass is 14.8. The molecular formula is C11H16N2. The molecule has 0 fully saturated rings. The molecule has 0 aliphatic rings. The molecule has 0 saturated heterocycles. The van der Waals surface area contributed by atoms with E-state index in [4.69, 9.17) is 0 Å². The quantitative estimate of drug-likeness (QED) is 0.635. The highest BCUT2D eigenvalue weighted by Crippen LogP contribution is 2.10. The molecule has 0 N–H and O–H groups in total. The van der Waals surface area contributed by atoms with Gasteiger partial charge in [-0.1, -0.05) is 19.9 Å². The number of rotatable bonds is 2. The van der Waals surface area contributed by atoms with Crippen molar-refractivity contribution in [1.29, 1.82) is 0 Å². The molecule has 0 aromatic carbocycles. The molecule has 0 radical (unpaired) electrons. The average molecular weight is 176 g/mol. The van der Waals surface area contributed by atoms with Crippen LogP contribution in [0.15, 0.2) is 23.3 Å². The molecule has 1 heterocycles. The fraction of sp³-hybridized carbons (Fsp3) is 0.455. The second-order valence-corrected chi connectivity index (χ2v) is 3.43. The molecular weight excluding hydrogens is 160 g/mol. The van der Waals surface area contributed by atoms with E-state index in [1.165, 1.54) is 5.56 Å². The molecule has 1 aromatic heterocycles. The third-order valence-electron chi connectivity index (χ3n) is 2.04. The number of pyridine rings is 1. The first kappa shape index (κ1) is 9.90. The predicted octanol–water partition coefficient (Wildman–Crippen LogP) is 2.46. The van der Waals surface area contributed by atoms with E-state index in [0.29, 0.717) is 5.92 Å². The lowest BCUT2D eigenvalue weighted by Gasteiger charge is -2.10. The van der Waals surface area contributed by atoms with E-state index in [1.807, 2.05) is 19.3 Å². The number of aliphatic imine (C=N–C) groups is 1. The van der Waals surface area contributed by atoms with Gasteiger partial charge in [0.1, 0.15) is 0 Å². The Balaban J connectivity index is 3.13. The Morgan fingerprint density at radius 3 is 2.62 bits per heavy atom. The molecule has 0 aliphatic heterocycles. The molecule has 0 aliphatic carbocycles. The van der Waals surface area contributed by atoms with Crippen LogP contribution in [0.1, 0.15) is 25.1 Å². The van der Waals surface area contributed by atoms with Gasteiger partial charge in [-0.15, -0.1) is 0 Å². The van der Waals surface area contributed by atoms with Crippen molar-refractivity contribution in [3.8, 4) is 0 Å². The summed E-state index contributed by atoms with van der Waals surface area (Å²) >= 11 is 0. The van der Waals surface area contributed by atoms with E-state index in [-0.39, 0.29) is 0 Å². The summed E-state index contributed by atoms with van der Waals surface area (Å²) in [6.45, 7) is 6.34.